The molecule has 0 aliphatic rings. The lowest BCUT2D eigenvalue weighted by Gasteiger charge is -2.06. The van der Waals surface area contributed by atoms with Crippen molar-refractivity contribution in [3.63, 3.8) is 0 Å². The summed E-state index contributed by atoms with van der Waals surface area (Å²) in [6.45, 7) is -1.55. The Hall–Kier alpha value is -3.07. The average Bonchev–Trinajstić information content (AvgIpc) is 2.95. The van der Waals surface area contributed by atoms with E-state index in [9.17, 15) is 18.4 Å². The van der Waals surface area contributed by atoms with Gasteiger partial charge in [0.15, 0.2) is 5.13 Å². The van der Waals surface area contributed by atoms with Crippen LogP contribution in [-0.4, -0.2) is 23.4 Å². The highest BCUT2D eigenvalue weighted by Gasteiger charge is 2.12. The summed E-state index contributed by atoms with van der Waals surface area (Å²) < 4.78 is 29.6. The van der Waals surface area contributed by atoms with Gasteiger partial charge in [-0.2, -0.15) is 8.78 Å². The molecular weight excluding hydrogens is 364 g/mol. The van der Waals surface area contributed by atoms with Gasteiger partial charge in [-0.3, -0.25) is 14.9 Å². The van der Waals surface area contributed by atoms with Crippen molar-refractivity contribution in [2.75, 3.05) is 10.6 Å². The molecule has 0 atom stereocenters. The van der Waals surface area contributed by atoms with E-state index in [-0.39, 0.29) is 17.2 Å². The fourth-order valence-corrected chi connectivity index (χ4v) is 3.14. The molecule has 26 heavy (non-hydrogen) atoms. The van der Waals surface area contributed by atoms with Crippen LogP contribution in [0.3, 0.4) is 0 Å². The molecule has 2 amide bonds. The van der Waals surface area contributed by atoms with Crippen LogP contribution in [0, 0.1) is 0 Å². The number of thiazole rings is 1. The summed E-state index contributed by atoms with van der Waals surface area (Å²) in [5.74, 6) is -0.781. The van der Waals surface area contributed by atoms with Gasteiger partial charge in [-0.05, 0) is 36.4 Å². The Balaban J connectivity index is 1.77. The van der Waals surface area contributed by atoms with E-state index in [1.165, 1.54) is 42.5 Å². The number of carbonyl (C=O) groups is 2. The van der Waals surface area contributed by atoms with E-state index < -0.39 is 12.5 Å². The summed E-state index contributed by atoms with van der Waals surface area (Å²) in [6, 6.07) is 10.7. The minimum absolute atomic E-state index is 0.100. The van der Waals surface area contributed by atoms with E-state index in [1.54, 1.807) is 18.2 Å². The fourth-order valence-electron chi connectivity index (χ4n) is 2.24. The van der Waals surface area contributed by atoms with E-state index in [1.807, 2.05) is 0 Å². The van der Waals surface area contributed by atoms with Crippen molar-refractivity contribution >= 4 is 44.2 Å². The van der Waals surface area contributed by atoms with Crippen molar-refractivity contribution < 1.29 is 23.1 Å². The van der Waals surface area contributed by atoms with Crippen molar-refractivity contribution in [2.24, 2.45) is 0 Å². The van der Waals surface area contributed by atoms with Crippen molar-refractivity contribution in [3.8, 4) is 5.75 Å². The first-order valence-electron chi connectivity index (χ1n) is 7.45. The van der Waals surface area contributed by atoms with Crippen molar-refractivity contribution in [2.45, 2.75) is 13.5 Å². The molecule has 2 N–H and O–H groups in total. The van der Waals surface area contributed by atoms with E-state index >= 15 is 0 Å². The van der Waals surface area contributed by atoms with Crippen LogP contribution in [0.4, 0.5) is 19.6 Å². The molecule has 2 aromatic carbocycles. The van der Waals surface area contributed by atoms with E-state index in [2.05, 4.69) is 20.4 Å². The second-order valence-electron chi connectivity index (χ2n) is 5.24. The zero-order chi connectivity index (χ0) is 18.7. The number of aromatic nitrogens is 1. The molecule has 134 valence electrons. The van der Waals surface area contributed by atoms with Gasteiger partial charge in [0.2, 0.25) is 5.91 Å². The molecule has 0 radical (unpaired) electrons. The number of fused-ring (bicyclic) bond motifs is 1. The lowest BCUT2D eigenvalue weighted by atomic mass is 10.2. The maximum Gasteiger partial charge on any atom is 0.387 e. The topological polar surface area (TPSA) is 80.3 Å². The van der Waals surface area contributed by atoms with Gasteiger partial charge in [-0.1, -0.05) is 17.4 Å². The third kappa shape index (κ3) is 4.31. The monoisotopic (exact) mass is 377 g/mol. The molecule has 0 aliphatic carbocycles. The molecule has 1 aromatic heterocycles. The number of carbonyl (C=O) groups excluding carboxylic acids is 2. The fraction of sp³-hybridized carbons (Fsp3) is 0.118. The van der Waals surface area contributed by atoms with Crippen LogP contribution in [0.5, 0.6) is 5.75 Å². The number of anilines is 2. The minimum atomic E-state index is -2.96. The van der Waals surface area contributed by atoms with Crippen LogP contribution in [0.1, 0.15) is 17.3 Å². The van der Waals surface area contributed by atoms with Crippen LogP contribution >= 0.6 is 11.3 Å². The van der Waals surface area contributed by atoms with Gasteiger partial charge >= 0.3 is 6.61 Å². The Labute approximate surface area is 150 Å². The predicted octanol–water partition coefficient (Wildman–Crippen LogP) is 4.11. The molecule has 9 heteroatoms. The van der Waals surface area contributed by atoms with Crippen molar-refractivity contribution in [1.82, 2.24) is 4.98 Å². The van der Waals surface area contributed by atoms with Crippen LogP contribution in [0.2, 0.25) is 0 Å². The summed E-state index contributed by atoms with van der Waals surface area (Å²) in [4.78, 5) is 27.7. The Bertz CT molecular complexity index is 975. The Kier molecular flexibility index (Phi) is 5.08. The first-order valence-corrected chi connectivity index (χ1v) is 8.27. The molecule has 0 fully saturated rings. The van der Waals surface area contributed by atoms with Gasteiger partial charge in [0, 0.05) is 18.2 Å². The summed E-state index contributed by atoms with van der Waals surface area (Å²) in [6.07, 6.45) is 0. The van der Waals surface area contributed by atoms with Gasteiger partial charge < -0.3 is 10.1 Å². The summed E-state index contributed by atoms with van der Waals surface area (Å²) in [5, 5.41) is 5.65. The first kappa shape index (κ1) is 17.7. The summed E-state index contributed by atoms with van der Waals surface area (Å²) >= 11 is 1.23. The number of hydrogen-bond donors (Lipinski definition) is 2. The average molecular weight is 377 g/mol. The highest BCUT2D eigenvalue weighted by atomic mass is 32.1. The van der Waals surface area contributed by atoms with E-state index in [0.717, 1.165) is 4.70 Å². The third-order valence-electron chi connectivity index (χ3n) is 3.25. The van der Waals surface area contributed by atoms with E-state index in [0.29, 0.717) is 16.3 Å². The smallest absolute Gasteiger partial charge is 0.387 e. The Morgan fingerprint density at radius 2 is 1.96 bits per heavy atom. The number of ether oxygens (including phenoxy) is 1. The maximum absolute atomic E-state index is 12.3. The zero-order valence-electron chi connectivity index (χ0n) is 13.5. The second-order valence-corrected chi connectivity index (χ2v) is 6.27. The molecule has 0 aliphatic heterocycles. The SMILES string of the molecule is CC(=O)Nc1ccc2nc(NC(=O)c3cccc(OC(F)F)c3)sc2c1. The highest BCUT2D eigenvalue weighted by molar-refractivity contribution is 7.22. The summed E-state index contributed by atoms with van der Waals surface area (Å²) in [7, 11) is 0. The molecule has 6 nitrogen and oxygen atoms in total. The number of rotatable bonds is 5. The number of nitrogens with one attached hydrogen (secondary N) is 2. The largest absolute Gasteiger partial charge is 0.435 e. The molecule has 0 saturated heterocycles. The molecule has 0 bridgehead atoms. The van der Waals surface area contributed by atoms with Crippen molar-refractivity contribution in [3.05, 3.63) is 48.0 Å². The predicted molar refractivity (Wildman–Crippen MR) is 95.0 cm³/mol. The number of amides is 2. The normalized spacial score (nSPS) is 10.8. The molecule has 3 aromatic rings. The number of hydrogen-bond acceptors (Lipinski definition) is 5. The molecule has 0 spiro atoms. The van der Waals surface area contributed by atoms with Gasteiger partial charge in [0.05, 0.1) is 10.2 Å². The van der Waals surface area contributed by atoms with Gasteiger partial charge in [-0.25, -0.2) is 4.98 Å². The van der Waals surface area contributed by atoms with Crippen LogP contribution in [-0.2, 0) is 4.79 Å². The van der Waals surface area contributed by atoms with Crippen LogP contribution in [0.15, 0.2) is 42.5 Å². The third-order valence-corrected chi connectivity index (χ3v) is 4.18. The molecule has 1 heterocycles. The summed E-state index contributed by atoms with van der Waals surface area (Å²) in [5.41, 5.74) is 1.46. The zero-order valence-corrected chi connectivity index (χ0v) is 14.3. The Morgan fingerprint density at radius 1 is 1.15 bits per heavy atom. The molecular formula is C17H13F2N3O3S. The standard InChI is InChI=1S/C17H13F2N3O3S/c1-9(23)20-11-5-6-13-14(8-11)26-17(21-13)22-15(24)10-3-2-4-12(7-10)25-16(18)19/h2-8,16H,1H3,(H,20,23)(H,21,22,24). The van der Waals surface area contributed by atoms with Crippen LogP contribution in [0.25, 0.3) is 10.2 Å². The highest BCUT2D eigenvalue weighted by Crippen LogP contribution is 2.29. The van der Waals surface area contributed by atoms with Crippen LogP contribution < -0.4 is 15.4 Å². The molecule has 3 rings (SSSR count). The first-order chi connectivity index (χ1) is 12.4. The minimum Gasteiger partial charge on any atom is -0.435 e. The Morgan fingerprint density at radius 3 is 2.69 bits per heavy atom. The molecule has 0 unspecified atom stereocenters. The number of alkyl halides is 2. The van der Waals surface area contributed by atoms with Gasteiger partial charge in [0.1, 0.15) is 5.75 Å². The van der Waals surface area contributed by atoms with Gasteiger partial charge in [0.25, 0.3) is 5.91 Å². The second kappa shape index (κ2) is 7.44. The number of benzene rings is 2. The lowest BCUT2D eigenvalue weighted by Crippen LogP contribution is -2.12. The quantitative estimate of drug-likeness (QED) is 0.701. The molecule has 0 saturated carbocycles. The number of nitrogens with zero attached hydrogens (tertiary/aromatic N) is 1. The maximum atomic E-state index is 12.3. The van der Waals surface area contributed by atoms with Crippen molar-refractivity contribution in [1.29, 1.82) is 0 Å². The van der Waals surface area contributed by atoms with E-state index in [4.69, 9.17) is 0 Å². The van der Waals surface area contributed by atoms with Gasteiger partial charge in [-0.15, -0.1) is 0 Å². The number of halogens is 2. The lowest BCUT2D eigenvalue weighted by molar-refractivity contribution is -0.114.